The Morgan fingerprint density at radius 1 is 1.36 bits per heavy atom. The van der Waals surface area contributed by atoms with Gasteiger partial charge in [0, 0.05) is 19.7 Å². The summed E-state index contributed by atoms with van der Waals surface area (Å²) < 4.78 is 4.73. The van der Waals surface area contributed by atoms with Crippen LogP contribution in [0.25, 0.3) is 0 Å². The maximum absolute atomic E-state index is 11.1. The van der Waals surface area contributed by atoms with E-state index >= 15 is 0 Å². The lowest BCUT2D eigenvalue weighted by molar-refractivity contribution is -0.139. The number of hydrogen-bond acceptors (Lipinski definition) is 3. The van der Waals surface area contributed by atoms with Crippen LogP contribution in [-0.2, 0) is 14.3 Å². The van der Waals surface area contributed by atoms with Crippen molar-refractivity contribution in [1.82, 2.24) is 10.6 Å². The minimum atomic E-state index is -0.609. The lowest BCUT2D eigenvalue weighted by Crippen LogP contribution is -2.44. The highest BCUT2D eigenvalue weighted by Gasteiger charge is 2.13. The van der Waals surface area contributed by atoms with E-state index in [9.17, 15) is 9.59 Å². The fourth-order valence-electron chi connectivity index (χ4n) is 0.738. The highest BCUT2D eigenvalue weighted by atomic mass is 16.5. The van der Waals surface area contributed by atoms with Gasteiger partial charge in [-0.25, -0.2) is 0 Å². The number of hydrogen-bond donors (Lipinski definition) is 2. The van der Waals surface area contributed by atoms with Crippen LogP contribution in [-0.4, -0.2) is 38.1 Å². The normalized spacial score (nSPS) is 11.9. The summed E-state index contributed by atoms with van der Waals surface area (Å²) >= 11 is 0. The first-order chi connectivity index (χ1) is 6.61. The zero-order valence-corrected chi connectivity index (χ0v) is 8.92. The van der Waals surface area contributed by atoms with Crippen molar-refractivity contribution in [2.24, 2.45) is 0 Å². The zero-order chi connectivity index (χ0) is 11.0. The van der Waals surface area contributed by atoms with Gasteiger partial charge in [-0.15, -0.1) is 0 Å². The summed E-state index contributed by atoms with van der Waals surface area (Å²) in [7, 11) is 1.53. The van der Waals surface area contributed by atoms with Crippen LogP contribution in [0.4, 0.5) is 0 Å². The summed E-state index contributed by atoms with van der Waals surface area (Å²) in [6.07, 6.45) is 0.803. The summed E-state index contributed by atoms with van der Waals surface area (Å²) in [5.74, 6) is -1.20. The summed E-state index contributed by atoms with van der Waals surface area (Å²) in [6, 6.07) is 0.0238. The second-order valence-electron chi connectivity index (χ2n) is 3.03. The minimum Gasteiger partial charge on any atom is -0.383 e. The van der Waals surface area contributed by atoms with Gasteiger partial charge in [0.2, 0.25) is 0 Å². The SMILES string of the molecule is CCC(C)NC(=O)C(=O)NCCOC. The van der Waals surface area contributed by atoms with Gasteiger partial charge in [-0.2, -0.15) is 0 Å². The molecule has 82 valence electrons. The number of carbonyl (C=O) groups excluding carboxylic acids is 2. The van der Waals surface area contributed by atoms with Gasteiger partial charge >= 0.3 is 11.8 Å². The molecule has 0 spiro atoms. The maximum atomic E-state index is 11.1. The Kier molecular flexibility index (Phi) is 6.74. The van der Waals surface area contributed by atoms with Crippen LogP contribution in [0, 0.1) is 0 Å². The first-order valence-electron chi connectivity index (χ1n) is 4.69. The largest absolute Gasteiger partial charge is 0.383 e. The van der Waals surface area contributed by atoms with Gasteiger partial charge in [-0.05, 0) is 13.3 Å². The molecule has 0 saturated heterocycles. The van der Waals surface area contributed by atoms with Crippen LogP contribution >= 0.6 is 0 Å². The third-order valence-corrected chi connectivity index (χ3v) is 1.79. The van der Waals surface area contributed by atoms with Crippen molar-refractivity contribution >= 4 is 11.8 Å². The van der Waals surface area contributed by atoms with Crippen molar-refractivity contribution in [3.63, 3.8) is 0 Å². The van der Waals surface area contributed by atoms with Gasteiger partial charge < -0.3 is 15.4 Å². The van der Waals surface area contributed by atoms with Crippen LogP contribution in [0.5, 0.6) is 0 Å². The molecule has 0 radical (unpaired) electrons. The molecule has 5 nitrogen and oxygen atoms in total. The average molecular weight is 202 g/mol. The highest BCUT2D eigenvalue weighted by molar-refractivity contribution is 6.35. The van der Waals surface area contributed by atoms with Gasteiger partial charge in [0.25, 0.3) is 0 Å². The fourth-order valence-corrected chi connectivity index (χ4v) is 0.738. The summed E-state index contributed by atoms with van der Waals surface area (Å²) in [4.78, 5) is 22.2. The number of amides is 2. The Labute approximate surface area is 84.2 Å². The van der Waals surface area contributed by atoms with Gasteiger partial charge in [0.1, 0.15) is 0 Å². The molecule has 5 heteroatoms. The van der Waals surface area contributed by atoms with E-state index in [1.807, 2.05) is 13.8 Å². The van der Waals surface area contributed by atoms with Gasteiger partial charge in [0.15, 0.2) is 0 Å². The molecule has 0 aromatic rings. The highest BCUT2D eigenvalue weighted by Crippen LogP contribution is 1.86. The Balaban J connectivity index is 3.71. The average Bonchev–Trinajstić information content (AvgIpc) is 2.17. The molecule has 0 rings (SSSR count). The number of ether oxygens (including phenoxy) is 1. The van der Waals surface area contributed by atoms with Crippen LogP contribution in [0.2, 0.25) is 0 Å². The number of methoxy groups -OCH3 is 1. The van der Waals surface area contributed by atoms with Crippen molar-refractivity contribution in [3.05, 3.63) is 0 Å². The van der Waals surface area contributed by atoms with Gasteiger partial charge in [-0.1, -0.05) is 6.92 Å². The lowest BCUT2D eigenvalue weighted by atomic mass is 10.2. The monoisotopic (exact) mass is 202 g/mol. The van der Waals surface area contributed by atoms with E-state index in [1.165, 1.54) is 7.11 Å². The molecule has 0 heterocycles. The number of rotatable bonds is 5. The Morgan fingerprint density at radius 2 is 2.00 bits per heavy atom. The second-order valence-corrected chi connectivity index (χ2v) is 3.03. The summed E-state index contributed by atoms with van der Waals surface area (Å²) in [5, 5.41) is 5.00. The van der Waals surface area contributed by atoms with E-state index in [1.54, 1.807) is 0 Å². The van der Waals surface area contributed by atoms with Gasteiger partial charge in [-0.3, -0.25) is 9.59 Å². The predicted octanol–water partition coefficient (Wildman–Crippen LogP) is -0.336. The van der Waals surface area contributed by atoms with Crippen molar-refractivity contribution in [3.8, 4) is 0 Å². The molecule has 2 amide bonds. The molecule has 0 aliphatic heterocycles. The van der Waals surface area contributed by atoms with Crippen molar-refractivity contribution in [2.45, 2.75) is 26.3 Å². The molecular weight excluding hydrogens is 184 g/mol. The van der Waals surface area contributed by atoms with E-state index in [4.69, 9.17) is 4.74 Å². The predicted molar refractivity (Wildman–Crippen MR) is 52.8 cm³/mol. The first kappa shape index (κ1) is 12.9. The second kappa shape index (κ2) is 7.32. The fraction of sp³-hybridized carbons (Fsp3) is 0.778. The molecule has 0 saturated carbocycles. The maximum Gasteiger partial charge on any atom is 0.309 e. The van der Waals surface area contributed by atoms with Crippen LogP contribution in [0.3, 0.4) is 0 Å². The quantitative estimate of drug-likeness (QED) is 0.473. The number of carbonyl (C=O) groups is 2. The van der Waals surface area contributed by atoms with E-state index in [0.29, 0.717) is 13.2 Å². The molecule has 2 N–H and O–H groups in total. The zero-order valence-electron chi connectivity index (χ0n) is 8.92. The van der Waals surface area contributed by atoms with Crippen LogP contribution < -0.4 is 10.6 Å². The van der Waals surface area contributed by atoms with Crippen LogP contribution in [0.1, 0.15) is 20.3 Å². The van der Waals surface area contributed by atoms with E-state index < -0.39 is 11.8 Å². The molecule has 0 aliphatic rings. The first-order valence-corrected chi connectivity index (χ1v) is 4.69. The Morgan fingerprint density at radius 3 is 2.50 bits per heavy atom. The molecule has 0 fully saturated rings. The minimum absolute atomic E-state index is 0.0238. The molecular formula is C9H18N2O3. The van der Waals surface area contributed by atoms with Crippen molar-refractivity contribution < 1.29 is 14.3 Å². The number of nitrogens with one attached hydrogen (secondary N) is 2. The Hall–Kier alpha value is -1.10. The lowest BCUT2D eigenvalue weighted by Gasteiger charge is -2.10. The van der Waals surface area contributed by atoms with Crippen molar-refractivity contribution in [2.75, 3.05) is 20.3 Å². The molecule has 0 aliphatic carbocycles. The third kappa shape index (κ3) is 5.53. The van der Waals surface area contributed by atoms with E-state index in [0.717, 1.165) is 6.42 Å². The van der Waals surface area contributed by atoms with E-state index in [2.05, 4.69) is 10.6 Å². The third-order valence-electron chi connectivity index (χ3n) is 1.79. The molecule has 0 aromatic carbocycles. The Bertz CT molecular complexity index is 194. The topological polar surface area (TPSA) is 67.4 Å². The standard InChI is InChI=1S/C9H18N2O3/c1-4-7(2)11-9(13)8(12)10-5-6-14-3/h7H,4-6H2,1-3H3,(H,10,12)(H,11,13). The molecule has 1 atom stereocenters. The summed E-state index contributed by atoms with van der Waals surface area (Å²) in [5.41, 5.74) is 0. The molecule has 1 unspecified atom stereocenters. The summed E-state index contributed by atoms with van der Waals surface area (Å²) in [6.45, 7) is 4.54. The smallest absolute Gasteiger partial charge is 0.309 e. The molecule has 0 aromatic heterocycles. The van der Waals surface area contributed by atoms with E-state index in [-0.39, 0.29) is 6.04 Å². The van der Waals surface area contributed by atoms with Gasteiger partial charge in [0.05, 0.1) is 6.61 Å². The van der Waals surface area contributed by atoms with Crippen molar-refractivity contribution in [1.29, 1.82) is 0 Å². The van der Waals surface area contributed by atoms with Crippen LogP contribution in [0.15, 0.2) is 0 Å². The molecule has 14 heavy (non-hydrogen) atoms. The molecule has 0 bridgehead atoms.